The molecular formula is C17H21FN2O3. The molecule has 2 amide bonds. The van der Waals surface area contributed by atoms with E-state index < -0.39 is 0 Å². The van der Waals surface area contributed by atoms with E-state index in [0.29, 0.717) is 37.2 Å². The van der Waals surface area contributed by atoms with Crippen LogP contribution in [0.4, 0.5) is 4.39 Å². The summed E-state index contributed by atoms with van der Waals surface area (Å²) in [6.45, 7) is 4.77. The molecule has 1 aromatic rings. The second-order valence-corrected chi connectivity index (χ2v) is 5.48. The van der Waals surface area contributed by atoms with Crippen molar-refractivity contribution < 1.29 is 18.7 Å². The fraction of sp³-hybridized carbons (Fsp3) is 0.412. The molecule has 0 bridgehead atoms. The Morgan fingerprint density at radius 2 is 2.13 bits per heavy atom. The van der Waals surface area contributed by atoms with Crippen molar-refractivity contribution in [3.05, 3.63) is 42.2 Å². The molecule has 1 aliphatic heterocycles. The normalized spacial score (nSPS) is 15.1. The van der Waals surface area contributed by atoms with Crippen LogP contribution in [0.3, 0.4) is 0 Å². The number of nitrogens with one attached hydrogen (secondary N) is 1. The minimum Gasteiger partial charge on any atom is -0.496 e. The molecule has 2 rings (SSSR count). The van der Waals surface area contributed by atoms with E-state index in [9.17, 15) is 14.0 Å². The van der Waals surface area contributed by atoms with Crippen molar-refractivity contribution in [1.29, 1.82) is 0 Å². The molecule has 0 spiro atoms. The standard InChI is InChI=1S/C17H21FN2O3/c1-3-16(21)20-8-6-12(7-9-20)17(22)19-11-13-10-14(18)4-5-15(13)23-2/h3-5,10,12H,1,6-9,11H2,2H3,(H,19,22). The van der Waals surface area contributed by atoms with Gasteiger partial charge in [-0.25, -0.2) is 4.39 Å². The van der Waals surface area contributed by atoms with Gasteiger partial charge in [0.1, 0.15) is 11.6 Å². The van der Waals surface area contributed by atoms with E-state index in [1.807, 2.05) is 0 Å². The number of hydrogen-bond donors (Lipinski definition) is 1. The Kier molecular flexibility index (Phi) is 5.73. The number of amides is 2. The van der Waals surface area contributed by atoms with Crippen molar-refractivity contribution in [3.63, 3.8) is 0 Å². The number of rotatable bonds is 5. The number of likely N-dealkylation sites (tertiary alicyclic amines) is 1. The predicted molar refractivity (Wildman–Crippen MR) is 84.3 cm³/mol. The number of carbonyl (C=O) groups is 2. The Bertz CT molecular complexity index is 596. The molecular weight excluding hydrogens is 299 g/mol. The van der Waals surface area contributed by atoms with Crippen molar-refractivity contribution in [2.24, 2.45) is 5.92 Å². The Hall–Kier alpha value is -2.37. The maximum Gasteiger partial charge on any atom is 0.245 e. The van der Waals surface area contributed by atoms with Gasteiger partial charge in [-0.05, 0) is 37.1 Å². The van der Waals surface area contributed by atoms with Crippen LogP contribution in [-0.2, 0) is 16.1 Å². The average molecular weight is 320 g/mol. The van der Waals surface area contributed by atoms with Gasteiger partial charge in [-0.3, -0.25) is 9.59 Å². The molecule has 0 aliphatic carbocycles. The molecule has 0 saturated carbocycles. The minimum absolute atomic E-state index is 0.0815. The summed E-state index contributed by atoms with van der Waals surface area (Å²) in [4.78, 5) is 25.4. The molecule has 1 N–H and O–H groups in total. The van der Waals surface area contributed by atoms with Crippen LogP contribution in [0.5, 0.6) is 5.75 Å². The highest BCUT2D eigenvalue weighted by Crippen LogP contribution is 2.21. The van der Waals surface area contributed by atoms with Crippen LogP contribution in [0.1, 0.15) is 18.4 Å². The van der Waals surface area contributed by atoms with Gasteiger partial charge in [0.15, 0.2) is 0 Å². The van der Waals surface area contributed by atoms with Crippen LogP contribution < -0.4 is 10.1 Å². The first kappa shape index (κ1) is 17.0. The number of ether oxygens (including phenoxy) is 1. The lowest BCUT2D eigenvalue weighted by Gasteiger charge is -2.30. The molecule has 5 nitrogen and oxygen atoms in total. The number of benzene rings is 1. The molecule has 23 heavy (non-hydrogen) atoms. The molecule has 1 aliphatic rings. The van der Waals surface area contributed by atoms with Gasteiger partial charge in [-0.15, -0.1) is 0 Å². The van der Waals surface area contributed by atoms with Crippen molar-refractivity contribution >= 4 is 11.8 Å². The quantitative estimate of drug-likeness (QED) is 0.843. The van der Waals surface area contributed by atoms with Gasteiger partial charge in [0.05, 0.1) is 7.11 Å². The van der Waals surface area contributed by atoms with Crippen molar-refractivity contribution in [2.45, 2.75) is 19.4 Å². The topological polar surface area (TPSA) is 58.6 Å². The van der Waals surface area contributed by atoms with Crippen molar-refractivity contribution in [1.82, 2.24) is 10.2 Å². The number of hydrogen-bond acceptors (Lipinski definition) is 3. The van der Waals surface area contributed by atoms with Crippen LogP contribution in [0, 0.1) is 11.7 Å². The van der Waals surface area contributed by atoms with E-state index >= 15 is 0 Å². The smallest absolute Gasteiger partial charge is 0.245 e. The molecule has 0 aromatic heterocycles. The summed E-state index contributed by atoms with van der Waals surface area (Å²) in [5.41, 5.74) is 0.597. The zero-order valence-corrected chi connectivity index (χ0v) is 13.2. The summed E-state index contributed by atoms with van der Waals surface area (Å²) in [5, 5.41) is 2.82. The number of carbonyl (C=O) groups excluding carboxylic acids is 2. The zero-order valence-electron chi connectivity index (χ0n) is 13.2. The van der Waals surface area contributed by atoms with Gasteiger partial charge in [-0.1, -0.05) is 6.58 Å². The van der Waals surface area contributed by atoms with Gasteiger partial charge >= 0.3 is 0 Å². The maximum absolute atomic E-state index is 13.3. The van der Waals surface area contributed by atoms with Crippen LogP contribution in [0.2, 0.25) is 0 Å². The highest BCUT2D eigenvalue weighted by Gasteiger charge is 2.26. The van der Waals surface area contributed by atoms with Crippen LogP contribution in [0.25, 0.3) is 0 Å². The summed E-state index contributed by atoms with van der Waals surface area (Å²) in [6, 6.07) is 4.21. The summed E-state index contributed by atoms with van der Waals surface area (Å²) < 4.78 is 18.5. The number of piperidine rings is 1. The predicted octanol–water partition coefficient (Wildman–Crippen LogP) is 1.88. The van der Waals surface area contributed by atoms with Gasteiger partial charge < -0.3 is 15.0 Å². The van der Waals surface area contributed by atoms with Crippen LogP contribution in [0.15, 0.2) is 30.9 Å². The van der Waals surface area contributed by atoms with E-state index in [0.717, 1.165) is 0 Å². The summed E-state index contributed by atoms with van der Waals surface area (Å²) in [5.74, 6) is -0.150. The van der Waals surface area contributed by atoms with Gasteiger partial charge in [-0.2, -0.15) is 0 Å². The van der Waals surface area contributed by atoms with Gasteiger partial charge in [0.25, 0.3) is 0 Å². The molecule has 0 radical (unpaired) electrons. The fourth-order valence-corrected chi connectivity index (χ4v) is 2.70. The number of methoxy groups -OCH3 is 1. The fourth-order valence-electron chi connectivity index (χ4n) is 2.70. The SMILES string of the molecule is C=CC(=O)N1CCC(C(=O)NCc2cc(F)ccc2OC)CC1. The largest absolute Gasteiger partial charge is 0.496 e. The number of nitrogens with zero attached hydrogens (tertiary/aromatic N) is 1. The maximum atomic E-state index is 13.3. The molecule has 0 atom stereocenters. The van der Waals surface area contributed by atoms with E-state index in [1.54, 1.807) is 4.90 Å². The minimum atomic E-state index is -0.369. The van der Waals surface area contributed by atoms with Gasteiger partial charge in [0, 0.05) is 31.1 Å². The Morgan fingerprint density at radius 3 is 2.74 bits per heavy atom. The Morgan fingerprint density at radius 1 is 1.43 bits per heavy atom. The molecule has 124 valence electrons. The van der Waals surface area contributed by atoms with Crippen LogP contribution >= 0.6 is 0 Å². The second kappa shape index (κ2) is 7.76. The Labute approximate surface area is 135 Å². The van der Waals surface area contributed by atoms with E-state index in [-0.39, 0.29) is 30.1 Å². The molecule has 0 unspecified atom stereocenters. The molecule has 1 heterocycles. The van der Waals surface area contributed by atoms with Crippen molar-refractivity contribution in [2.75, 3.05) is 20.2 Å². The molecule has 6 heteroatoms. The summed E-state index contributed by atoms with van der Waals surface area (Å²) >= 11 is 0. The third-order valence-corrected chi connectivity index (χ3v) is 4.05. The summed E-state index contributed by atoms with van der Waals surface area (Å²) in [7, 11) is 1.50. The molecule has 1 fully saturated rings. The number of halogens is 1. The van der Waals surface area contributed by atoms with Crippen molar-refractivity contribution in [3.8, 4) is 5.75 Å². The third-order valence-electron chi connectivity index (χ3n) is 4.05. The second-order valence-electron chi connectivity index (χ2n) is 5.48. The molecule has 1 aromatic carbocycles. The monoisotopic (exact) mass is 320 g/mol. The Balaban J connectivity index is 1.88. The van der Waals surface area contributed by atoms with E-state index in [4.69, 9.17) is 4.74 Å². The highest BCUT2D eigenvalue weighted by atomic mass is 19.1. The lowest BCUT2D eigenvalue weighted by Crippen LogP contribution is -2.42. The lowest BCUT2D eigenvalue weighted by molar-refractivity contribution is -0.132. The highest BCUT2D eigenvalue weighted by molar-refractivity contribution is 5.87. The first-order chi connectivity index (χ1) is 11.0. The molecule has 1 saturated heterocycles. The van der Waals surface area contributed by atoms with Crippen LogP contribution in [-0.4, -0.2) is 36.9 Å². The first-order valence-electron chi connectivity index (χ1n) is 7.56. The van der Waals surface area contributed by atoms with E-state index in [1.165, 1.54) is 31.4 Å². The zero-order chi connectivity index (χ0) is 16.8. The van der Waals surface area contributed by atoms with Gasteiger partial charge in [0.2, 0.25) is 11.8 Å². The lowest BCUT2D eigenvalue weighted by atomic mass is 9.95. The summed E-state index contributed by atoms with van der Waals surface area (Å²) in [6.07, 6.45) is 2.52. The third kappa shape index (κ3) is 4.31. The first-order valence-corrected chi connectivity index (χ1v) is 7.56. The van der Waals surface area contributed by atoms with E-state index in [2.05, 4.69) is 11.9 Å². The average Bonchev–Trinajstić information content (AvgIpc) is 2.59.